The third-order valence-electron chi connectivity index (χ3n) is 5.98. The van der Waals surface area contributed by atoms with Gasteiger partial charge in [-0.1, -0.05) is 32.1 Å². The minimum absolute atomic E-state index is 0.749. The largest absolute Gasteiger partial charge is 0.303 e. The fraction of sp³-hybridized carbons (Fsp3) is 0.750. The van der Waals surface area contributed by atoms with Crippen LogP contribution >= 0.6 is 0 Å². The Hall–Kier alpha value is -0.560. The van der Waals surface area contributed by atoms with Crippen molar-refractivity contribution in [3.05, 3.63) is 22.3 Å². The van der Waals surface area contributed by atoms with Crippen LogP contribution in [0.25, 0.3) is 0 Å². The summed E-state index contributed by atoms with van der Waals surface area (Å²) >= 11 is 0. The number of hydrogen-bond donors (Lipinski definition) is 1. The molecule has 0 aliphatic heterocycles. The molecule has 17 heavy (non-hydrogen) atoms. The van der Waals surface area contributed by atoms with Crippen LogP contribution in [0.15, 0.2) is 22.3 Å². The lowest BCUT2D eigenvalue weighted by molar-refractivity contribution is 0.126. The van der Waals surface area contributed by atoms with E-state index >= 15 is 0 Å². The molecule has 0 bridgehead atoms. The summed E-state index contributed by atoms with van der Waals surface area (Å²) in [7, 11) is 0. The minimum Gasteiger partial charge on any atom is -0.303 e. The van der Waals surface area contributed by atoms with Gasteiger partial charge >= 0.3 is 0 Å². The molecule has 5 rings (SSSR count). The molecular formula is C16H21N. The van der Waals surface area contributed by atoms with Crippen LogP contribution in [0.4, 0.5) is 0 Å². The molecule has 5 aliphatic carbocycles. The van der Waals surface area contributed by atoms with E-state index in [1.54, 1.807) is 22.3 Å². The second-order valence-electron chi connectivity index (χ2n) is 6.81. The Labute approximate surface area is 103 Å². The molecule has 0 aromatic carbocycles. The second kappa shape index (κ2) is 3.06. The molecule has 0 spiro atoms. The van der Waals surface area contributed by atoms with Gasteiger partial charge in [-0.25, -0.2) is 0 Å². The lowest BCUT2D eigenvalue weighted by Crippen LogP contribution is -2.44. The second-order valence-corrected chi connectivity index (χ2v) is 6.81. The molecule has 3 atom stereocenters. The molecule has 1 heteroatoms. The molecule has 0 saturated heterocycles. The maximum absolute atomic E-state index is 4.00. The molecule has 5 aliphatic rings. The Bertz CT molecular complexity index is 430. The normalized spacial score (nSPS) is 42.7. The smallest absolute Gasteiger partial charge is 0.0591 e. The van der Waals surface area contributed by atoms with Crippen molar-refractivity contribution in [3.8, 4) is 0 Å². The summed E-state index contributed by atoms with van der Waals surface area (Å²) in [4.78, 5) is 0. The van der Waals surface area contributed by atoms with Crippen molar-refractivity contribution in [2.24, 2.45) is 11.8 Å². The van der Waals surface area contributed by atoms with Gasteiger partial charge in [-0.3, -0.25) is 0 Å². The fourth-order valence-electron chi connectivity index (χ4n) is 5.01. The maximum Gasteiger partial charge on any atom is 0.0591 e. The number of nitrogens with one attached hydrogen (secondary N) is 1. The number of rotatable bonds is 2. The first-order valence-electron chi connectivity index (χ1n) is 7.66. The van der Waals surface area contributed by atoms with E-state index in [1.165, 1.54) is 51.4 Å². The number of allylic oxidation sites excluding steroid dienone is 2. The van der Waals surface area contributed by atoms with Gasteiger partial charge in [0.15, 0.2) is 0 Å². The van der Waals surface area contributed by atoms with Crippen molar-refractivity contribution in [1.82, 2.24) is 5.32 Å². The summed E-state index contributed by atoms with van der Waals surface area (Å²) in [6.45, 7) is 0. The van der Waals surface area contributed by atoms with E-state index in [9.17, 15) is 0 Å². The van der Waals surface area contributed by atoms with Crippen LogP contribution in [0.1, 0.15) is 51.4 Å². The molecule has 4 fully saturated rings. The van der Waals surface area contributed by atoms with Crippen molar-refractivity contribution < 1.29 is 0 Å². The minimum atomic E-state index is 0.749. The third kappa shape index (κ3) is 1.19. The van der Waals surface area contributed by atoms with E-state index in [2.05, 4.69) is 5.32 Å². The van der Waals surface area contributed by atoms with E-state index in [4.69, 9.17) is 0 Å². The first kappa shape index (κ1) is 9.38. The average Bonchev–Trinajstić information content (AvgIpc) is 3.17. The Morgan fingerprint density at radius 3 is 2.47 bits per heavy atom. The Morgan fingerprint density at radius 1 is 0.824 bits per heavy atom. The first-order valence-corrected chi connectivity index (χ1v) is 7.66. The van der Waals surface area contributed by atoms with E-state index < -0.39 is 0 Å². The third-order valence-corrected chi connectivity index (χ3v) is 5.98. The summed E-state index contributed by atoms with van der Waals surface area (Å²) in [6.07, 6.45) is 11.8. The van der Waals surface area contributed by atoms with Gasteiger partial charge in [0.25, 0.3) is 0 Å². The molecule has 0 aromatic heterocycles. The zero-order valence-corrected chi connectivity index (χ0v) is 10.5. The molecular weight excluding hydrogens is 206 g/mol. The summed E-state index contributed by atoms with van der Waals surface area (Å²) in [5.74, 6) is 2.08. The molecule has 0 radical (unpaired) electrons. The highest BCUT2D eigenvalue weighted by atomic mass is 15.0. The van der Waals surface area contributed by atoms with Gasteiger partial charge in [-0.15, -0.1) is 0 Å². The van der Waals surface area contributed by atoms with Gasteiger partial charge in [0, 0.05) is 6.04 Å². The van der Waals surface area contributed by atoms with Gasteiger partial charge < -0.3 is 5.32 Å². The van der Waals surface area contributed by atoms with Crippen LogP contribution in [-0.2, 0) is 0 Å². The zero-order valence-electron chi connectivity index (χ0n) is 10.5. The van der Waals surface area contributed by atoms with Crippen LogP contribution < -0.4 is 5.32 Å². The maximum atomic E-state index is 4.00. The zero-order chi connectivity index (χ0) is 11.0. The average molecular weight is 227 g/mol. The van der Waals surface area contributed by atoms with E-state index in [-0.39, 0.29) is 0 Å². The molecule has 1 nitrogen and oxygen atoms in total. The standard InChI is InChI=1S/C16H21N/c1-2-6-10-9(4-1)5-3-7-13(10)17-16-14-11-8-12(11)15(14)16/h9-10,13,16-17H,1-8H2. The summed E-state index contributed by atoms with van der Waals surface area (Å²) in [5, 5.41) is 4.00. The van der Waals surface area contributed by atoms with Crippen molar-refractivity contribution in [1.29, 1.82) is 0 Å². The Kier molecular flexibility index (Phi) is 1.69. The molecule has 0 aromatic rings. The van der Waals surface area contributed by atoms with Crippen molar-refractivity contribution in [3.63, 3.8) is 0 Å². The summed E-state index contributed by atoms with van der Waals surface area (Å²) in [5.41, 5.74) is 6.98. The highest BCUT2D eigenvalue weighted by molar-refractivity contribution is 5.87. The van der Waals surface area contributed by atoms with Gasteiger partial charge in [0.05, 0.1) is 6.04 Å². The van der Waals surface area contributed by atoms with Crippen LogP contribution in [0.2, 0.25) is 0 Å². The molecule has 4 saturated carbocycles. The highest BCUT2D eigenvalue weighted by Crippen LogP contribution is 2.66. The van der Waals surface area contributed by atoms with E-state index in [1.807, 2.05) is 0 Å². The molecule has 0 heterocycles. The number of hydrogen-bond acceptors (Lipinski definition) is 1. The fourth-order valence-corrected chi connectivity index (χ4v) is 5.01. The quantitative estimate of drug-likeness (QED) is 0.763. The van der Waals surface area contributed by atoms with Crippen LogP contribution in [0, 0.1) is 11.8 Å². The molecule has 90 valence electrons. The summed E-state index contributed by atoms with van der Waals surface area (Å²) < 4.78 is 0. The molecule has 1 N–H and O–H groups in total. The predicted octanol–water partition coefficient (Wildman–Crippen LogP) is 3.33. The first-order chi connectivity index (χ1) is 8.43. The Morgan fingerprint density at radius 2 is 1.59 bits per heavy atom. The topological polar surface area (TPSA) is 12.0 Å². The van der Waals surface area contributed by atoms with E-state index in [0.717, 1.165) is 23.9 Å². The van der Waals surface area contributed by atoms with Crippen LogP contribution in [0.3, 0.4) is 0 Å². The number of fused-ring (bicyclic) bond motifs is 3. The van der Waals surface area contributed by atoms with Crippen LogP contribution in [0.5, 0.6) is 0 Å². The lowest BCUT2D eigenvalue weighted by atomic mass is 9.68. The lowest BCUT2D eigenvalue weighted by Gasteiger charge is -2.41. The van der Waals surface area contributed by atoms with Gasteiger partial charge in [-0.2, -0.15) is 0 Å². The van der Waals surface area contributed by atoms with Gasteiger partial charge in [-0.05, 0) is 53.4 Å². The molecule has 3 unspecified atom stereocenters. The molecule has 0 amide bonds. The highest BCUT2D eigenvalue weighted by Gasteiger charge is 2.58. The van der Waals surface area contributed by atoms with Crippen LogP contribution in [-0.4, -0.2) is 12.1 Å². The monoisotopic (exact) mass is 227 g/mol. The van der Waals surface area contributed by atoms with Gasteiger partial charge in [0.2, 0.25) is 0 Å². The summed E-state index contributed by atoms with van der Waals surface area (Å²) in [6, 6.07) is 1.60. The van der Waals surface area contributed by atoms with Crippen molar-refractivity contribution in [2.75, 3.05) is 0 Å². The van der Waals surface area contributed by atoms with Gasteiger partial charge in [0.1, 0.15) is 0 Å². The SMILES string of the molecule is C1CCC2C(C1)CCCC2NC1C2=C3CC3=C21. The Balaban J connectivity index is 1.32. The van der Waals surface area contributed by atoms with E-state index in [0.29, 0.717) is 0 Å². The van der Waals surface area contributed by atoms with Crippen molar-refractivity contribution >= 4 is 0 Å². The predicted molar refractivity (Wildman–Crippen MR) is 68.7 cm³/mol. The van der Waals surface area contributed by atoms with Crippen molar-refractivity contribution in [2.45, 2.75) is 63.5 Å².